The number of nitrogens with one attached hydrogen (secondary N) is 2. The fraction of sp³-hybridized carbons (Fsp3) is 0.889. The molecule has 0 saturated heterocycles. The summed E-state index contributed by atoms with van der Waals surface area (Å²) in [6.45, 7) is 2.27. The van der Waals surface area contributed by atoms with Gasteiger partial charge in [0.05, 0.1) is 6.04 Å². The predicted molar refractivity (Wildman–Crippen MR) is 53.1 cm³/mol. The van der Waals surface area contributed by atoms with Gasteiger partial charge in [0.15, 0.2) is 0 Å². The summed E-state index contributed by atoms with van der Waals surface area (Å²) in [5, 5.41) is 3.32. The van der Waals surface area contributed by atoms with Crippen molar-refractivity contribution in [3.05, 3.63) is 0 Å². The zero-order chi connectivity index (χ0) is 9.26. The van der Waals surface area contributed by atoms with Crippen LogP contribution in [0.5, 0.6) is 0 Å². The minimum atomic E-state index is 0.524. The number of nitrogens with two attached hydrogens (primary N) is 1. The molecule has 0 radical (unpaired) electrons. The second-order valence-corrected chi connectivity index (χ2v) is 4.27. The topological polar surface area (TPSA) is 62.4 Å². The fourth-order valence-corrected chi connectivity index (χ4v) is 1.72. The molecule has 4 heteroatoms. The first-order valence-corrected chi connectivity index (χ1v) is 5.09. The highest BCUT2D eigenvalue weighted by atomic mass is 15.3. The fourth-order valence-electron chi connectivity index (χ4n) is 1.72. The largest absolute Gasteiger partial charge is 0.353 e. The van der Waals surface area contributed by atoms with Crippen LogP contribution in [0.4, 0.5) is 0 Å². The molecule has 2 aliphatic rings. The highest BCUT2D eigenvalue weighted by Gasteiger charge is 2.27. The second kappa shape index (κ2) is 3.54. The second-order valence-electron chi connectivity index (χ2n) is 4.27. The monoisotopic (exact) mass is 182 g/mol. The van der Waals surface area contributed by atoms with Crippen molar-refractivity contribution in [3.63, 3.8) is 0 Å². The lowest BCUT2D eigenvalue weighted by molar-refractivity contribution is 0.266. The van der Waals surface area contributed by atoms with Crippen LogP contribution in [0.3, 0.4) is 0 Å². The van der Waals surface area contributed by atoms with Gasteiger partial charge >= 0.3 is 0 Å². The van der Waals surface area contributed by atoms with Crippen LogP contribution in [0.1, 0.15) is 32.6 Å². The smallest absolute Gasteiger partial charge is 0.206 e. The molecule has 13 heavy (non-hydrogen) atoms. The van der Waals surface area contributed by atoms with E-state index in [9.17, 15) is 0 Å². The van der Waals surface area contributed by atoms with Crippen LogP contribution in [0.25, 0.3) is 0 Å². The SMILES string of the molecule is CC1CC(NC(=NC2CC2)NN)C1. The third kappa shape index (κ3) is 2.34. The van der Waals surface area contributed by atoms with E-state index in [1.807, 2.05) is 0 Å². The molecule has 0 atom stereocenters. The van der Waals surface area contributed by atoms with Crippen LogP contribution >= 0.6 is 0 Å². The molecule has 0 bridgehead atoms. The van der Waals surface area contributed by atoms with Gasteiger partial charge in [-0.1, -0.05) is 6.92 Å². The zero-order valence-corrected chi connectivity index (χ0v) is 8.09. The number of nitrogens with zero attached hydrogens (tertiary/aromatic N) is 1. The first-order chi connectivity index (χ1) is 6.28. The Labute approximate surface area is 79.0 Å². The predicted octanol–water partition coefficient (Wildman–Crippen LogP) is 0.356. The highest BCUT2D eigenvalue weighted by Crippen LogP contribution is 2.27. The van der Waals surface area contributed by atoms with E-state index in [0.29, 0.717) is 12.1 Å². The Morgan fingerprint density at radius 3 is 2.54 bits per heavy atom. The normalized spacial score (nSPS) is 33.8. The Balaban J connectivity index is 1.77. The van der Waals surface area contributed by atoms with Crippen molar-refractivity contribution >= 4 is 5.96 Å². The summed E-state index contributed by atoms with van der Waals surface area (Å²) >= 11 is 0. The van der Waals surface area contributed by atoms with Crippen LogP contribution < -0.4 is 16.6 Å². The maximum atomic E-state index is 5.37. The quantitative estimate of drug-likeness (QED) is 0.250. The van der Waals surface area contributed by atoms with Gasteiger partial charge in [-0.3, -0.25) is 5.43 Å². The van der Waals surface area contributed by atoms with E-state index in [4.69, 9.17) is 5.84 Å². The minimum absolute atomic E-state index is 0.524. The third-order valence-electron chi connectivity index (χ3n) is 2.71. The molecule has 0 spiro atoms. The van der Waals surface area contributed by atoms with Crippen LogP contribution in [0.15, 0.2) is 4.99 Å². The lowest BCUT2D eigenvalue weighted by atomic mass is 9.82. The summed E-state index contributed by atoms with van der Waals surface area (Å²) in [7, 11) is 0. The van der Waals surface area contributed by atoms with E-state index < -0.39 is 0 Å². The molecular weight excluding hydrogens is 164 g/mol. The summed E-state index contributed by atoms with van der Waals surface area (Å²) in [6, 6.07) is 1.11. The molecule has 0 aromatic rings. The van der Waals surface area contributed by atoms with Gasteiger partial charge in [-0.05, 0) is 31.6 Å². The van der Waals surface area contributed by atoms with Gasteiger partial charge in [0, 0.05) is 6.04 Å². The molecule has 2 fully saturated rings. The van der Waals surface area contributed by atoms with E-state index in [2.05, 4.69) is 22.7 Å². The first-order valence-electron chi connectivity index (χ1n) is 5.09. The molecule has 74 valence electrons. The van der Waals surface area contributed by atoms with E-state index in [1.165, 1.54) is 25.7 Å². The zero-order valence-electron chi connectivity index (χ0n) is 8.09. The molecule has 0 heterocycles. The van der Waals surface area contributed by atoms with Crippen LogP contribution in [0.2, 0.25) is 0 Å². The molecule has 0 aromatic carbocycles. The Morgan fingerprint density at radius 1 is 1.38 bits per heavy atom. The van der Waals surface area contributed by atoms with E-state index in [0.717, 1.165) is 11.9 Å². The molecule has 0 unspecified atom stereocenters. The van der Waals surface area contributed by atoms with Gasteiger partial charge in [-0.25, -0.2) is 10.8 Å². The van der Waals surface area contributed by atoms with Crippen molar-refractivity contribution in [2.24, 2.45) is 16.8 Å². The lowest BCUT2D eigenvalue weighted by Crippen LogP contribution is -2.50. The maximum Gasteiger partial charge on any atom is 0.206 e. The summed E-state index contributed by atoms with van der Waals surface area (Å²) in [5.41, 5.74) is 2.63. The van der Waals surface area contributed by atoms with E-state index in [1.54, 1.807) is 0 Å². The lowest BCUT2D eigenvalue weighted by Gasteiger charge is -2.34. The van der Waals surface area contributed by atoms with Crippen LogP contribution in [0, 0.1) is 5.92 Å². The summed E-state index contributed by atoms with van der Waals surface area (Å²) in [5.74, 6) is 7.00. The molecule has 2 saturated carbocycles. The standard InChI is InChI=1S/C9H18N4/c1-6-4-8(5-6)12-9(13-10)11-7-2-3-7/h6-8H,2-5,10H2,1H3,(H2,11,12,13). The Morgan fingerprint density at radius 2 is 2.08 bits per heavy atom. The number of rotatable bonds is 2. The van der Waals surface area contributed by atoms with Gasteiger partial charge in [0.1, 0.15) is 0 Å². The van der Waals surface area contributed by atoms with Crippen molar-refractivity contribution in [3.8, 4) is 0 Å². The number of hydrogen-bond acceptors (Lipinski definition) is 2. The van der Waals surface area contributed by atoms with Gasteiger partial charge < -0.3 is 5.32 Å². The Kier molecular flexibility index (Phi) is 2.40. The van der Waals surface area contributed by atoms with Gasteiger partial charge in [-0.2, -0.15) is 0 Å². The van der Waals surface area contributed by atoms with Crippen LogP contribution in [-0.2, 0) is 0 Å². The first kappa shape index (κ1) is 8.81. The Hall–Kier alpha value is -0.770. The van der Waals surface area contributed by atoms with E-state index in [-0.39, 0.29) is 0 Å². The molecule has 2 aliphatic carbocycles. The van der Waals surface area contributed by atoms with Crippen LogP contribution in [-0.4, -0.2) is 18.0 Å². The third-order valence-corrected chi connectivity index (χ3v) is 2.71. The molecule has 0 amide bonds. The van der Waals surface area contributed by atoms with Gasteiger partial charge in [-0.15, -0.1) is 0 Å². The van der Waals surface area contributed by atoms with Gasteiger partial charge in [0.25, 0.3) is 0 Å². The Bertz CT molecular complexity index is 204. The number of guanidine groups is 1. The number of hydrazine groups is 1. The molecule has 4 N–H and O–H groups in total. The number of aliphatic imine (C=N–C) groups is 1. The van der Waals surface area contributed by atoms with Gasteiger partial charge in [0.2, 0.25) is 5.96 Å². The van der Waals surface area contributed by atoms with Crippen molar-refractivity contribution in [1.82, 2.24) is 10.7 Å². The molecule has 0 aromatic heterocycles. The van der Waals surface area contributed by atoms with Crippen molar-refractivity contribution in [2.45, 2.75) is 44.7 Å². The minimum Gasteiger partial charge on any atom is -0.353 e. The highest BCUT2D eigenvalue weighted by molar-refractivity contribution is 5.79. The van der Waals surface area contributed by atoms with Crippen molar-refractivity contribution in [2.75, 3.05) is 0 Å². The van der Waals surface area contributed by atoms with E-state index >= 15 is 0 Å². The van der Waals surface area contributed by atoms with Crippen molar-refractivity contribution < 1.29 is 0 Å². The molecule has 4 nitrogen and oxygen atoms in total. The average molecular weight is 182 g/mol. The summed E-state index contributed by atoms with van der Waals surface area (Å²) in [4.78, 5) is 4.42. The molecule has 2 rings (SSSR count). The molecular formula is C9H18N4. The van der Waals surface area contributed by atoms with Crippen molar-refractivity contribution in [1.29, 1.82) is 0 Å². The maximum absolute atomic E-state index is 5.37. The number of hydrogen-bond donors (Lipinski definition) is 3. The summed E-state index contributed by atoms with van der Waals surface area (Å²) < 4.78 is 0. The average Bonchev–Trinajstić information content (AvgIpc) is 2.84. The summed E-state index contributed by atoms with van der Waals surface area (Å²) in [6.07, 6.45) is 4.92. The molecule has 0 aliphatic heterocycles.